The minimum absolute atomic E-state index is 0.00258. The fourth-order valence-electron chi connectivity index (χ4n) is 2.01. The number of anilines is 1. The van der Waals surface area contributed by atoms with E-state index in [-0.39, 0.29) is 17.2 Å². The Bertz CT molecular complexity index is 446. The monoisotopic (exact) mass is 287 g/mol. The van der Waals surface area contributed by atoms with Crippen LogP contribution in [0.4, 0.5) is 5.13 Å². The molecule has 1 saturated heterocycles. The normalized spacial score (nSPS) is 20.1. The maximum Gasteiger partial charge on any atom is 0.196 e. The number of ketones is 1. The number of halogens is 1. The zero-order valence-corrected chi connectivity index (χ0v) is 12.5. The van der Waals surface area contributed by atoms with Crippen LogP contribution < -0.4 is 4.90 Å². The molecule has 100 valence electrons. The number of thiazole rings is 1. The summed E-state index contributed by atoms with van der Waals surface area (Å²) in [6.45, 7) is 7.31. The lowest BCUT2D eigenvalue weighted by Gasteiger charge is -2.45. The number of hydrogen-bond acceptors (Lipinski definition) is 5. The van der Waals surface area contributed by atoms with Crippen molar-refractivity contribution in [2.75, 3.05) is 37.5 Å². The molecular weight excluding hydrogens is 270 g/mol. The van der Waals surface area contributed by atoms with Gasteiger partial charge in [0.1, 0.15) is 5.69 Å². The van der Waals surface area contributed by atoms with Crippen LogP contribution >= 0.6 is 22.9 Å². The standard InChI is InChI=1S/C12H18ClN3OS/c1-12(2)8-16(5-4-15(12)3)11-14-9(7-18-11)10(17)6-13/h7H,4-6,8H2,1-3H3. The second-order valence-corrected chi connectivity index (χ2v) is 6.33. The van der Waals surface area contributed by atoms with E-state index in [0.717, 1.165) is 24.8 Å². The van der Waals surface area contributed by atoms with Crippen LogP contribution in [-0.2, 0) is 0 Å². The molecule has 0 unspecified atom stereocenters. The topological polar surface area (TPSA) is 36.4 Å². The van der Waals surface area contributed by atoms with Gasteiger partial charge in [0, 0.05) is 30.6 Å². The number of carbonyl (C=O) groups excluding carboxylic acids is 1. The third-order valence-electron chi connectivity index (χ3n) is 3.49. The summed E-state index contributed by atoms with van der Waals surface area (Å²) in [6, 6.07) is 0. The highest BCUT2D eigenvalue weighted by Gasteiger charge is 2.32. The van der Waals surface area contributed by atoms with Crippen molar-refractivity contribution in [3.05, 3.63) is 11.1 Å². The molecule has 1 aliphatic heterocycles. The van der Waals surface area contributed by atoms with Crippen LogP contribution in [0.15, 0.2) is 5.38 Å². The first-order valence-electron chi connectivity index (χ1n) is 5.95. The van der Waals surface area contributed by atoms with E-state index in [0.29, 0.717) is 5.69 Å². The zero-order chi connectivity index (χ0) is 13.3. The number of rotatable bonds is 3. The Morgan fingerprint density at radius 2 is 2.28 bits per heavy atom. The van der Waals surface area contributed by atoms with Crippen molar-refractivity contribution >= 4 is 33.9 Å². The Kier molecular flexibility index (Phi) is 3.94. The molecule has 1 aromatic rings. The van der Waals surface area contributed by atoms with Crippen molar-refractivity contribution in [2.24, 2.45) is 0 Å². The average molecular weight is 288 g/mol. The highest BCUT2D eigenvalue weighted by Crippen LogP contribution is 2.27. The Labute approximate surface area is 117 Å². The number of likely N-dealkylation sites (N-methyl/N-ethyl adjacent to an activating group) is 1. The molecule has 2 heterocycles. The number of nitrogens with zero attached hydrogens (tertiary/aromatic N) is 3. The second kappa shape index (κ2) is 5.15. The molecular formula is C12H18ClN3OS. The molecule has 18 heavy (non-hydrogen) atoms. The van der Waals surface area contributed by atoms with Crippen LogP contribution in [0.5, 0.6) is 0 Å². The molecule has 0 aliphatic carbocycles. The molecule has 0 aromatic carbocycles. The second-order valence-electron chi connectivity index (χ2n) is 5.23. The quantitative estimate of drug-likeness (QED) is 0.630. The first-order chi connectivity index (χ1) is 8.44. The fourth-order valence-corrected chi connectivity index (χ4v) is 3.00. The van der Waals surface area contributed by atoms with E-state index in [2.05, 4.69) is 35.7 Å². The molecule has 0 spiro atoms. The Morgan fingerprint density at radius 1 is 1.56 bits per heavy atom. The van der Waals surface area contributed by atoms with Gasteiger partial charge in [0.05, 0.1) is 5.88 Å². The Hall–Kier alpha value is -0.650. The Balaban J connectivity index is 2.13. The number of alkyl halides is 1. The zero-order valence-electron chi connectivity index (χ0n) is 10.9. The van der Waals surface area contributed by atoms with Gasteiger partial charge in [-0.05, 0) is 20.9 Å². The maximum atomic E-state index is 11.5. The van der Waals surface area contributed by atoms with Gasteiger partial charge in [-0.3, -0.25) is 9.69 Å². The van der Waals surface area contributed by atoms with Gasteiger partial charge in [0.2, 0.25) is 0 Å². The van der Waals surface area contributed by atoms with Crippen molar-refractivity contribution < 1.29 is 4.79 Å². The molecule has 0 N–H and O–H groups in total. The van der Waals surface area contributed by atoms with Crippen molar-refractivity contribution in [3.8, 4) is 0 Å². The number of aromatic nitrogens is 1. The van der Waals surface area contributed by atoms with Crippen LogP contribution in [0.2, 0.25) is 0 Å². The van der Waals surface area contributed by atoms with E-state index in [4.69, 9.17) is 11.6 Å². The minimum Gasteiger partial charge on any atom is -0.345 e. The van der Waals surface area contributed by atoms with Crippen LogP contribution in [0.3, 0.4) is 0 Å². The lowest BCUT2D eigenvalue weighted by Crippen LogP contribution is -2.57. The van der Waals surface area contributed by atoms with Gasteiger partial charge in [-0.15, -0.1) is 22.9 Å². The predicted molar refractivity (Wildman–Crippen MR) is 76.1 cm³/mol. The number of carbonyl (C=O) groups is 1. The van der Waals surface area contributed by atoms with Gasteiger partial charge < -0.3 is 4.90 Å². The van der Waals surface area contributed by atoms with Crippen LogP contribution in [-0.4, -0.2) is 53.8 Å². The number of Topliss-reactive ketones (excluding diaryl/α,β-unsaturated/α-hetero) is 1. The average Bonchev–Trinajstić information content (AvgIpc) is 2.81. The molecule has 4 nitrogen and oxygen atoms in total. The number of piperazine rings is 1. The van der Waals surface area contributed by atoms with E-state index in [1.807, 2.05) is 0 Å². The third-order valence-corrected chi connectivity index (χ3v) is 4.63. The molecule has 0 atom stereocenters. The third kappa shape index (κ3) is 2.68. The van der Waals surface area contributed by atoms with Gasteiger partial charge in [0.15, 0.2) is 10.9 Å². The lowest BCUT2D eigenvalue weighted by atomic mass is 10.0. The summed E-state index contributed by atoms with van der Waals surface area (Å²) in [7, 11) is 2.14. The summed E-state index contributed by atoms with van der Waals surface area (Å²) in [5, 5.41) is 2.72. The Morgan fingerprint density at radius 3 is 2.89 bits per heavy atom. The SMILES string of the molecule is CN1CCN(c2nc(C(=O)CCl)cs2)CC1(C)C. The molecule has 1 aliphatic rings. The van der Waals surface area contributed by atoms with E-state index in [1.165, 1.54) is 11.3 Å². The van der Waals surface area contributed by atoms with E-state index in [9.17, 15) is 4.79 Å². The first kappa shape index (κ1) is 13.8. The summed E-state index contributed by atoms with van der Waals surface area (Å²) in [6.07, 6.45) is 0. The largest absolute Gasteiger partial charge is 0.345 e. The van der Waals surface area contributed by atoms with E-state index in [1.54, 1.807) is 5.38 Å². The first-order valence-corrected chi connectivity index (χ1v) is 7.36. The van der Waals surface area contributed by atoms with Gasteiger partial charge in [-0.2, -0.15) is 0 Å². The summed E-state index contributed by atoms with van der Waals surface area (Å²) in [5.41, 5.74) is 0.613. The highest BCUT2D eigenvalue weighted by molar-refractivity contribution is 7.14. The molecule has 0 amide bonds. The molecule has 6 heteroatoms. The lowest BCUT2D eigenvalue weighted by molar-refractivity contribution is 0.101. The smallest absolute Gasteiger partial charge is 0.196 e. The fraction of sp³-hybridized carbons (Fsp3) is 0.667. The van der Waals surface area contributed by atoms with Gasteiger partial charge >= 0.3 is 0 Å². The van der Waals surface area contributed by atoms with Gasteiger partial charge in [-0.25, -0.2) is 4.98 Å². The summed E-state index contributed by atoms with van der Waals surface area (Å²) in [5.74, 6) is -0.107. The van der Waals surface area contributed by atoms with E-state index < -0.39 is 0 Å². The summed E-state index contributed by atoms with van der Waals surface area (Å²) >= 11 is 7.06. The molecule has 2 rings (SSSR count). The molecule has 1 aromatic heterocycles. The summed E-state index contributed by atoms with van der Waals surface area (Å²) < 4.78 is 0. The van der Waals surface area contributed by atoms with Gasteiger partial charge in [-0.1, -0.05) is 0 Å². The maximum absolute atomic E-state index is 11.5. The van der Waals surface area contributed by atoms with Crippen molar-refractivity contribution in [3.63, 3.8) is 0 Å². The van der Waals surface area contributed by atoms with Crippen molar-refractivity contribution in [1.29, 1.82) is 0 Å². The number of hydrogen-bond donors (Lipinski definition) is 0. The minimum atomic E-state index is -0.104. The molecule has 0 saturated carbocycles. The van der Waals surface area contributed by atoms with Crippen molar-refractivity contribution in [2.45, 2.75) is 19.4 Å². The van der Waals surface area contributed by atoms with Crippen LogP contribution in [0.25, 0.3) is 0 Å². The molecule has 0 bridgehead atoms. The van der Waals surface area contributed by atoms with E-state index >= 15 is 0 Å². The van der Waals surface area contributed by atoms with Crippen LogP contribution in [0.1, 0.15) is 24.3 Å². The predicted octanol–water partition coefficient (Wildman–Crippen LogP) is 2.10. The highest BCUT2D eigenvalue weighted by atomic mass is 35.5. The molecule has 0 radical (unpaired) electrons. The van der Waals surface area contributed by atoms with Crippen molar-refractivity contribution in [1.82, 2.24) is 9.88 Å². The van der Waals surface area contributed by atoms with Crippen LogP contribution in [0, 0.1) is 0 Å². The van der Waals surface area contributed by atoms with Gasteiger partial charge in [0.25, 0.3) is 0 Å². The summed E-state index contributed by atoms with van der Waals surface area (Å²) in [4.78, 5) is 20.5. The molecule has 1 fully saturated rings.